The summed E-state index contributed by atoms with van der Waals surface area (Å²) in [6, 6.07) is 11.2. The fraction of sp³-hybridized carbons (Fsp3) is 0.364. The summed E-state index contributed by atoms with van der Waals surface area (Å²) in [6.07, 6.45) is 5.59. The van der Waals surface area contributed by atoms with Gasteiger partial charge in [0.25, 0.3) is 5.91 Å². The van der Waals surface area contributed by atoms with Crippen LogP contribution in [0.15, 0.2) is 36.4 Å². The Balaban J connectivity index is 1.45. The molecule has 2 amide bonds. The van der Waals surface area contributed by atoms with Crippen LogP contribution < -0.4 is 20.7 Å². The molecular weight excluding hydrogens is 354 g/mol. The van der Waals surface area contributed by atoms with Gasteiger partial charge in [-0.05, 0) is 73.6 Å². The van der Waals surface area contributed by atoms with Gasteiger partial charge in [-0.1, -0.05) is 6.07 Å². The molecule has 1 fully saturated rings. The van der Waals surface area contributed by atoms with E-state index in [1.54, 1.807) is 12.1 Å². The van der Waals surface area contributed by atoms with Gasteiger partial charge >= 0.3 is 0 Å². The predicted octanol–water partition coefficient (Wildman–Crippen LogP) is 2.89. The molecule has 6 nitrogen and oxygen atoms in total. The molecule has 0 bridgehead atoms. The summed E-state index contributed by atoms with van der Waals surface area (Å²) in [7, 11) is 0. The monoisotopic (exact) mass is 379 g/mol. The van der Waals surface area contributed by atoms with Crippen LogP contribution in [0, 0.1) is 0 Å². The molecule has 0 radical (unpaired) electrons. The minimum absolute atomic E-state index is 0.0843. The lowest BCUT2D eigenvalue weighted by Gasteiger charge is -2.22. The molecule has 0 aromatic heterocycles. The van der Waals surface area contributed by atoms with Crippen molar-refractivity contribution in [1.82, 2.24) is 0 Å². The largest absolute Gasteiger partial charge is 0.484 e. The van der Waals surface area contributed by atoms with Gasteiger partial charge in [-0.2, -0.15) is 0 Å². The zero-order valence-electron chi connectivity index (χ0n) is 15.9. The number of aryl methyl sites for hydroxylation is 2. The van der Waals surface area contributed by atoms with E-state index < -0.39 is 5.91 Å². The summed E-state index contributed by atoms with van der Waals surface area (Å²) >= 11 is 0. The van der Waals surface area contributed by atoms with E-state index in [0.29, 0.717) is 17.0 Å². The van der Waals surface area contributed by atoms with E-state index >= 15 is 0 Å². The van der Waals surface area contributed by atoms with E-state index in [9.17, 15) is 9.59 Å². The first-order chi connectivity index (χ1) is 13.6. The number of benzene rings is 2. The molecule has 4 rings (SSSR count). The van der Waals surface area contributed by atoms with Crippen molar-refractivity contribution in [2.75, 3.05) is 29.9 Å². The highest BCUT2D eigenvalue weighted by Crippen LogP contribution is 2.30. The third-order valence-electron chi connectivity index (χ3n) is 5.44. The zero-order valence-corrected chi connectivity index (χ0v) is 15.9. The van der Waals surface area contributed by atoms with Crippen LogP contribution in [0.25, 0.3) is 0 Å². The van der Waals surface area contributed by atoms with Gasteiger partial charge in [0, 0.05) is 18.7 Å². The number of rotatable bonds is 6. The van der Waals surface area contributed by atoms with Gasteiger partial charge in [0.05, 0.1) is 11.4 Å². The number of anilines is 2. The predicted molar refractivity (Wildman–Crippen MR) is 109 cm³/mol. The third-order valence-corrected chi connectivity index (χ3v) is 5.44. The molecule has 146 valence electrons. The van der Waals surface area contributed by atoms with Crippen molar-refractivity contribution >= 4 is 23.2 Å². The third kappa shape index (κ3) is 3.96. The average molecular weight is 379 g/mol. The van der Waals surface area contributed by atoms with E-state index in [4.69, 9.17) is 10.5 Å². The molecule has 1 heterocycles. The number of amides is 2. The summed E-state index contributed by atoms with van der Waals surface area (Å²) < 4.78 is 5.69. The number of primary amides is 1. The number of hydrogen-bond acceptors (Lipinski definition) is 4. The van der Waals surface area contributed by atoms with Crippen molar-refractivity contribution in [2.24, 2.45) is 5.73 Å². The van der Waals surface area contributed by atoms with E-state index in [0.717, 1.165) is 44.5 Å². The summed E-state index contributed by atoms with van der Waals surface area (Å²) in [5.74, 6) is -0.0677. The van der Waals surface area contributed by atoms with Crippen molar-refractivity contribution in [1.29, 1.82) is 0 Å². The molecule has 0 saturated carbocycles. The van der Waals surface area contributed by atoms with Crippen LogP contribution in [0.4, 0.5) is 11.4 Å². The Morgan fingerprint density at radius 3 is 2.57 bits per heavy atom. The minimum atomic E-state index is -0.516. The van der Waals surface area contributed by atoms with E-state index in [1.165, 1.54) is 17.5 Å². The SMILES string of the molecule is NC(=O)c1ccc(N2CCCC2)c(NC(=O)COc2ccc3c(c2)CCC3)c1. The van der Waals surface area contributed by atoms with Crippen molar-refractivity contribution in [3.8, 4) is 5.75 Å². The van der Waals surface area contributed by atoms with Gasteiger partial charge in [-0.3, -0.25) is 9.59 Å². The first-order valence-corrected chi connectivity index (χ1v) is 9.83. The molecule has 0 unspecified atom stereocenters. The van der Waals surface area contributed by atoms with Crippen molar-refractivity contribution in [3.63, 3.8) is 0 Å². The van der Waals surface area contributed by atoms with Crippen molar-refractivity contribution in [3.05, 3.63) is 53.1 Å². The van der Waals surface area contributed by atoms with Crippen LogP contribution in [-0.4, -0.2) is 31.5 Å². The fourth-order valence-electron chi connectivity index (χ4n) is 4.00. The van der Waals surface area contributed by atoms with Gasteiger partial charge in [0.15, 0.2) is 6.61 Å². The average Bonchev–Trinajstić information content (AvgIpc) is 3.37. The molecule has 0 atom stereocenters. The highest BCUT2D eigenvalue weighted by atomic mass is 16.5. The molecule has 1 aliphatic heterocycles. The maximum atomic E-state index is 12.5. The number of carbonyl (C=O) groups excluding carboxylic acids is 2. The molecule has 2 aromatic rings. The molecule has 3 N–H and O–H groups in total. The lowest BCUT2D eigenvalue weighted by atomic mass is 10.1. The second-order valence-corrected chi connectivity index (χ2v) is 7.41. The van der Waals surface area contributed by atoms with Crippen molar-refractivity contribution in [2.45, 2.75) is 32.1 Å². The smallest absolute Gasteiger partial charge is 0.262 e. The number of carbonyl (C=O) groups is 2. The van der Waals surface area contributed by atoms with Gasteiger partial charge in [-0.25, -0.2) is 0 Å². The number of nitrogens with zero attached hydrogens (tertiary/aromatic N) is 1. The van der Waals surface area contributed by atoms with Crippen molar-refractivity contribution < 1.29 is 14.3 Å². The van der Waals surface area contributed by atoms with Gasteiger partial charge < -0.3 is 20.7 Å². The quantitative estimate of drug-likeness (QED) is 0.808. The Hall–Kier alpha value is -3.02. The number of fused-ring (bicyclic) bond motifs is 1. The summed E-state index contributed by atoms with van der Waals surface area (Å²) in [6.45, 7) is 1.79. The summed E-state index contributed by atoms with van der Waals surface area (Å²) in [5.41, 5.74) is 9.97. The van der Waals surface area contributed by atoms with Crippen LogP contribution in [-0.2, 0) is 17.6 Å². The highest BCUT2D eigenvalue weighted by Gasteiger charge is 2.19. The maximum Gasteiger partial charge on any atom is 0.262 e. The van der Waals surface area contributed by atoms with E-state index in [2.05, 4.69) is 16.3 Å². The summed E-state index contributed by atoms with van der Waals surface area (Å²) in [4.78, 5) is 26.3. The number of nitrogens with one attached hydrogen (secondary N) is 1. The minimum Gasteiger partial charge on any atom is -0.484 e. The van der Waals surface area contributed by atoms with E-state index in [-0.39, 0.29) is 12.5 Å². The zero-order chi connectivity index (χ0) is 19.5. The lowest BCUT2D eigenvalue weighted by Crippen LogP contribution is -2.24. The van der Waals surface area contributed by atoms with Gasteiger partial charge in [-0.15, -0.1) is 0 Å². The topological polar surface area (TPSA) is 84.7 Å². The molecule has 28 heavy (non-hydrogen) atoms. The van der Waals surface area contributed by atoms with Crippen LogP contribution in [0.1, 0.15) is 40.7 Å². The van der Waals surface area contributed by atoms with E-state index in [1.807, 2.05) is 18.2 Å². The Labute approximate surface area is 164 Å². The van der Waals surface area contributed by atoms with Crippen LogP contribution in [0.2, 0.25) is 0 Å². The molecule has 0 spiro atoms. The highest BCUT2D eigenvalue weighted by molar-refractivity contribution is 5.99. The molecule has 1 saturated heterocycles. The molecule has 2 aliphatic rings. The van der Waals surface area contributed by atoms with Crippen LogP contribution in [0.3, 0.4) is 0 Å². The maximum absolute atomic E-state index is 12.5. The number of ether oxygens (including phenoxy) is 1. The van der Waals surface area contributed by atoms with Crippen LogP contribution >= 0.6 is 0 Å². The molecule has 6 heteroatoms. The van der Waals surface area contributed by atoms with Gasteiger partial charge in [0.2, 0.25) is 5.91 Å². The standard InChI is InChI=1S/C22H25N3O3/c23-22(27)17-7-9-20(25-10-1-2-11-25)19(13-17)24-21(26)14-28-18-8-6-15-4-3-5-16(15)12-18/h6-9,12-13H,1-5,10-11,14H2,(H2,23,27)(H,24,26). The Bertz CT molecular complexity index is 904. The fourth-order valence-corrected chi connectivity index (χ4v) is 4.00. The Kier molecular flexibility index (Phi) is 5.19. The second-order valence-electron chi connectivity index (χ2n) is 7.41. The first kappa shape index (κ1) is 18.3. The Morgan fingerprint density at radius 1 is 1.00 bits per heavy atom. The Morgan fingerprint density at radius 2 is 1.79 bits per heavy atom. The normalized spacial score (nSPS) is 15.4. The number of nitrogens with two attached hydrogens (primary N) is 1. The molecule has 1 aliphatic carbocycles. The molecular formula is C22H25N3O3. The van der Waals surface area contributed by atoms with Crippen LogP contribution in [0.5, 0.6) is 5.75 Å². The first-order valence-electron chi connectivity index (χ1n) is 9.83. The summed E-state index contributed by atoms with van der Waals surface area (Å²) in [5, 5.41) is 2.89. The lowest BCUT2D eigenvalue weighted by molar-refractivity contribution is -0.118. The van der Waals surface area contributed by atoms with Gasteiger partial charge in [0.1, 0.15) is 5.75 Å². The number of hydrogen-bond donors (Lipinski definition) is 2. The second kappa shape index (κ2) is 7.92. The molecule has 2 aromatic carbocycles.